The minimum Gasteiger partial charge on any atom is -0.481 e. The van der Waals surface area contributed by atoms with E-state index >= 15 is 0 Å². The Labute approximate surface area is 149 Å². The molecule has 0 bridgehead atoms. The van der Waals surface area contributed by atoms with Gasteiger partial charge in [-0.2, -0.15) is 0 Å². The minimum atomic E-state index is -0.741. The number of urea groups is 1. The van der Waals surface area contributed by atoms with Crippen molar-refractivity contribution >= 4 is 12.0 Å². The van der Waals surface area contributed by atoms with Crippen molar-refractivity contribution in [3.63, 3.8) is 0 Å². The van der Waals surface area contributed by atoms with E-state index in [1.54, 1.807) is 4.90 Å². The summed E-state index contributed by atoms with van der Waals surface area (Å²) in [6.45, 7) is 5.76. The third-order valence-electron chi connectivity index (χ3n) is 5.83. The van der Waals surface area contributed by atoms with Crippen LogP contribution in [0.15, 0.2) is 30.3 Å². The fourth-order valence-corrected chi connectivity index (χ4v) is 4.43. The highest BCUT2D eigenvalue weighted by Gasteiger charge is 2.55. The number of amides is 2. The standard InChI is InChI=1S/C20H28N2O3/c1-19(2,11-15-7-4-3-5-8-15)13-21-18(25)22-12-16-9-6-10-20(16,14-22)17(23)24/h3-5,7-8,16H,6,9-14H2,1-2H3,(H,21,25)(H,23,24)/t16-,20+/m0/s1. The second kappa shape index (κ2) is 6.70. The maximum atomic E-state index is 12.6. The van der Waals surface area contributed by atoms with Gasteiger partial charge >= 0.3 is 12.0 Å². The van der Waals surface area contributed by atoms with Crippen LogP contribution in [0.2, 0.25) is 0 Å². The number of carbonyl (C=O) groups is 2. The quantitative estimate of drug-likeness (QED) is 0.862. The monoisotopic (exact) mass is 344 g/mol. The molecule has 1 saturated carbocycles. The summed E-state index contributed by atoms with van der Waals surface area (Å²) in [5.74, 6) is -0.636. The van der Waals surface area contributed by atoms with Crippen molar-refractivity contribution in [1.82, 2.24) is 10.2 Å². The van der Waals surface area contributed by atoms with E-state index in [4.69, 9.17) is 0 Å². The van der Waals surface area contributed by atoms with Gasteiger partial charge < -0.3 is 15.3 Å². The first kappa shape index (κ1) is 17.8. The Balaban J connectivity index is 1.55. The van der Waals surface area contributed by atoms with Gasteiger partial charge in [-0.1, -0.05) is 50.6 Å². The largest absolute Gasteiger partial charge is 0.481 e. The normalized spacial score (nSPS) is 25.7. The highest BCUT2D eigenvalue weighted by molar-refractivity contribution is 5.80. The molecule has 2 N–H and O–H groups in total. The number of aliphatic carboxylic acids is 1. The second-order valence-electron chi connectivity index (χ2n) is 8.42. The van der Waals surface area contributed by atoms with E-state index in [2.05, 4.69) is 31.3 Å². The SMILES string of the molecule is CC(C)(CNC(=O)N1C[C@@H]2CCC[C@@]2(C(=O)O)C1)Cc1ccccc1. The van der Waals surface area contributed by atoms with Crippen molar-refractivity contribution in [2.75, 3.05) is 19.6 Å². The minimum absolute atomic E-state index is 0.0584. The summed E-state index contributed by atoms with van der Waals surface area (Å²) in [6.07, 6.45) is 3.44. The average molecular weight is 344 g/mol. The van der Waals surface area contributed by atoms with E-state index < -0.39 is 11.4 Å². The van der Waals surface area contributed by atoms with Crippen molar-refractivity contribution in [2.24, 2.45) is 16.7 Å². The van der Waals surface area contributed by atoms with E-state index in [-0.39, 0.29) is 17.4 Å². The van der Waals surface area contributed by atoms with Gasteiger partial charge in [-0.05, 0) is 36.2 Å². The number of carbonyl (C=O) groups excluding carboxylic acids is 1. The number of benzene rings is 1. The molecular weight excluding hydrogens is 316 g/mol. The van der Waals surface area contributed by atoms with Crippen LogP contribution in [0, 0.1) is 16.7 Å². The number of fused-ring (bicyclic) bond motifs is 1. The van der Waals surface area contributed by atoms with Gasteiger partial charge in [0.05, 0.1) is 5.41 Å². The number of carboxylic acid groups (broad SMARTS) is 1. The lowest BCUT2D eigenvalue weighted by molar-refractivity contribution is -0.149. The summed E-state index contributed by atoms with van der Waals surface area (Å²) < 4.78 is 0. The van der Waals surface area contributed by atoms with Gasteiger partial charge in [0.1, 0.15) is 0 Å². The molecule has 1 aliphatic heterocycles. The smallest absolute Gasteiger partial charge is 0.317 e. The highest BCUT2D eigenvalue weighted by Crippen LogP contribution is 2.48. The third kappa shape index (κ3) is 3.65. The van der Waals surface area contributed by atoms with Crippen molar-refractivity contribution in [1.29, 1.82) is 0 Å². The summed E-state index contributed by atoms with van der Waals surface area (Å²) in [6, 6.07) is 10.1. The van der Waals surface area contributed by atoms with Crippen LogP contribution in [0.3, 0.4) is 0 Å². The van der Waals surface area contributed by atoms with Gasteiger partial charge in [0.2, 0.25) is 0 Å². The van der Waals surface area contributed by atoms with Crippen LogP contribution in [-0.2, 0) is 11.2 Å². The number of rotatable bonds is 5. The topological polar surface area (TPSA) is 69.6 Å². The van der Waals surface area contributed by atoms with Crippen LogP contribution in [-0.4, -0.2) is 41.6 Å². The van der Waals surface area contributed by atoms with Crippen LogP contribution in [0.5, 0.6) is 0 Å². The molecule has 5 heteroatoms. The molecule has 1 aromatic rings. The van der Waals surface area contributed by atoms with E-state index in [0.29, 0.717) is 26.1 Å². The molecule has 2 fully saturated rings. The highest BCUT2D eigenvalue weighted by atomic mass is 16.4. The molecule has 25 heavy (non-hydrogen) atoms. The summed E-state index contributed by atoms with van der Waals surface area (Å²) in [5.41, 5.74) is 0.482. The van der Waals surface area contributed by atoms with E-state index in [1.165, 1.54) is 5.56 Å². The lowest BCUT2D eigenvalue weighted by Gasteiger charge is -2.27. The first-order valence-electron chi connectivity index (χ1n) is 9.13. The van der Waals surface area contributed by atoms with Crippen molar-refractivity contribution in [3.05, 3.63) is 35.9 Å². The zero-order valence-electron chi connectivity index (χ0n) is 15.1. The van der Waals surface area contributed by atoms with Crippen molar-refractivity contribution in [2.45, 2.75) is 39.5 Å². The molecule has 1 saturated heterocycles. The lowest BCUT2D eigenvalue weighted by Crippen LogP contribution is -2.44. The molecule has 1 aromatic carbocycles. The van der Waals surface area contributed by atoms with Crippen LogP contribution in [0.4, 0.5) is 4.79 Å². The number of hydrogen-bond acceptors (Lipinski definition) is 2. The van der Waals surface area contributed by atoms with Gasteiger partial charge in [-0.3, -0.25) is 4.79 Å². The number of carboxylic acids is 1. The van der Waals surface area contributed by atoms with Gasteiger partial charge in [0.25, 0.3) is 0 Å². The molecule has 2 amide bonds. The van der Waals surface area contributed by atoms with Gasteiger partial charge in [-0.25, -0.2) is 4.79 Å². The third-order valence-corrected chi connectivity index (χ3v) is 5.83. The molecule has 136 valence electrons. The number of hydrogen-bond donors (Lipinski definition) is 2. The number of nitrogens with zero attached hydrogens (tertiary/aromatic N) is 1. The maximum absolute atomic E-state index is 12.6. The van der Waals surface area contributed by atoms with Crippen LogP contribution < -0.4 is 5.32 Å². The van der Waals surface area contributed by atoms with Gasteiger partial charge in [-0.15, -0.1) is 0 Å². The van der Waals surface area contributed by atoms with Gasteiger partial charge in [0.15, 0.2) is 0 Å². The Morgan fingerprint density at radius 2 is 2.04 bits per heavy atom. The Morgan fingerprint density at radius 1 is 1.32 bits per heavy atom. The van der Waals surface area contributed by atoms with E-state index in [0.717, 1.165) is 19.3 Å². The average Bonchev–Trinajstić information content (AvgIpc) is 3.11. The van der Waals surface area contributed by atoms with Crippen molar-refractivity contribution < 1.29 is 14.7 Å². The summed E-state index contributed by atoms with van der Waals surface area (Å²) in [4.78, 5) is 26.0. The molecule has 0 aromatic heterocycles. The molecule has 3 rings (SSSR count). The molecule has 0 unspecified atom stereocenters. The summed E-state index contributed by atoms with van der Waals surface area (Å²) in [7, 11) is 0. The fourth-order valence-electron chi connectivity index (χ4n) is 4.43. The first-order chi connectivity index (χ1) is 11.8. The second-order valence-corrected chi connectivity index (χ2v) is 8.42. The predicted molar refractivity (Wildman–Crippen MR) is 96.3 cm³/mol. The Kier molecular flexibility index (Phi) is 4.76. The van der Waals surface area contributed by atoms with Crippen LogP contribution >= 0.6 is 0 Å². The Hall–Kier alpha value is -2.04. The van der Waals surface area contributed by atoms with Crippen molar-refractivity contribution in [3.8, 4) is 0 Å². The van der Waals surface area contributed by atoms with E-state index in [9.17, 15) is 14.7 Å². The Bertz CT molecular complexity index is 644. The molecule has 1 heterocycles. The van der Waals surface area contributed by atoms with Crippen LogP contribution in [0.25, 0.3) is 0 Å². The van der Waals surface area contributed by atoms with E-state index in [1.807, 2.05) is 18.2 Å². The number of likely N-dealkylation sites (tertiary alicyclic amines) is 1. The lowest BCUT2D eigenvalue weighted by atomic mass is 9.81. The summed E-state index contributed by atoms with van der Waals surface area (Å²) in [5, 5.41) is 12.7. The first-order valence-corrected chi connectivity index (χ1v) is 9.13. The zero-order valence-corrected chi connectivity index (χ0v) is 15.1. The zero-order chi connectivity index (χ0) is 18.1. The molecule has 1 aliphatic carbocycles. The molecule has 2 atom stereocenters. The van der Waals surface area contributed by atoms with Gasteiger partial charge in [0, 0.05) is 19.6 Å². The van der Waals surface area contributed by atoms with Crippen LogP contribution in [0.1, 0.15) is 38.7 Å². The summed E-state index contributed by atoms with van der Waals surface area (Å²) >= 11 is 0. The molecule has 5 nitrogen and oxygen atoms in total. The molecule has 0 radical (unpaired) electrons. The Morgan fingerprint density at radius 3 is 2.68 bits per heavy atom. The maximum Gasteiger partial charge on any atom is 0.317 e. The molecule has 0 spiro atoms. The molecular formula is C20H28N2O3. The fraction of sp³-hybridized carbons (Fsp3) is 0.600. The predicted octanol–water partition coefficient (Wildman–Crippen LogP) is 3.15. The molecule has 2 aliphatic rings. The number of nitrogens with one attached hydrogen (secondary N) is 1.